The zero-order valence-corrected chi connectivity index (χ0v) is 6.37. The van der Waals surface area contributed by atoms with E-state index in [0.29, 0.717) is 0 Å². The van der Waals surface area contributed by atoms with Gasteiger partial charge in [-0.3, -0.25) is 0 Å². The molecule has 0 aromatic heterocycles. The van der Waals surface area contributed by atoms with Crippen LogP contribution in [0.15, 0.2) is 0 Å². The van der Waals surface area contributed by atoms with Crippen LogP contribution in [0.4, 0.5) is 0 Å². The Hall–Kier alpha value is 0.210. The average Bonchev–Trinajstić information content (AvgIpc) is 1.65. The molecule has 0 aliphatic rings. The van der Waals surface area contributed by atoms with E-state index in [4.69, 9.17) is 10.5 Å². The van der Waals surface area contributed by atoms with E-state index in [0.717, 1.165) is 0 Å². The first-order valence-electron chi connectivity index (χ1n) is 2.47. The standard InChI is InChI=1S/C5H13NO.ClH/c1-4(6)5(2)7-3;/h4-5H,6H2,1-3H3;1H. The maximum absolute atomic E-state index is 5.42. The lowest BCUT2D eigenvalue weighted by Gasteiger charge is -2.11. The van der Waals surface area contributed by atoms with Crippen molar-refractivity contribution in [3.05, 3.63) is 0 Å². The van der Waals surface area contributed by atoms with Crippen molar-refractivity contribution in [1.82, 2.24) is 0 Å². The summed E-state index contributed by atoms with van der Waals surface area (Å²) in [6.07, 6.45) is 0.181. The summed E-state index contributed by atoms with van der Waals surface area (Å²) in [5.41, 5.74) is 5.42. The fourth-order valence-corrected chi connectivity index (χ4v) is 0.215. The maximum atomic E-state index is 5.42. The number of hydrogen-bond donors (Lipinski definition) is 1. The topological polar surface area (TPSA) is 35.2 Å². The summed E-state index contributed by atoms with van der Waals surface area (Å²) in [4.78, 5) is 0. The summed E-state index contributed by atoms with van der Waals surface area (Å²) < 4.78 is 4.89. The third kappa shape index (κ3) is 4.37. The van der Waals surface area contributed by atoms with Crippen LogP contribution in [0.1, 0.15) is 13.8 Å². The van der Waals surface area contributed by atoms with Crippen molar-refractivity contribution in [3.8, 4) is 0 Å². The van der Waals surface area contributed by atoms with Crippen molar-refractivity contribution >= 4 is 12.4 Å². The smallest absolute Gasteiger partial charge is 0.0691 e. The number of hydrogen-bond acceptors (Lipinski definition) is 2. The highest BCUT2D eigenvalue weighted by molar-refractivity contribution is 5.85. The van der Waals surface area contributed by atoms with Gasteiger partial charge in [0.05, 0.1) is 6.10 Å². The SMILES string of the molecule is COC(C)C(C)N.Cl. The van der Waals surface area contributed by atoms with E-state index in [-0.39, 0.29) is 24.6 Å². The van der Waals surface area contributed by atoms with Crippen LogP contribution in [-0.2, 0) is 4.74 Å². The second-order valence-corrected chi connectivity index (χ2v) is 1.80. The molecule has 0 amide bonds. The molecule has 0 saturated heterocycles. The summed E-state index contributed by atoms with van der Waals surface area (Å²) >= 11 is 0. The van der Waals surface area contributed by atoms with Crippen LogP contribution in [0.3, 0.4) is 0 Å². The van der Waals surface area contributed by atoms with Gasteiger partial charge in [-0.2, -0.15) is 0 Å². The van der Waals surface area contributed by atoms with Crippen molar-refractivity contribution in [1.29, 1.82) is 0 Å². The quantitative estimate of drug-likeness (QED) is 0.614. The van der Waals surface area contributed by atoms with Crippen molar-refractivity contribution in [2.24, 2.45) is 5.73 Å². The van der Waals surface area contributed by atoms with Crippen LogP contribution < -0.4 is 5.73 Å². The van der Waals surface area contributed by atoms with E-state index < -0.39 is 0 Å². The summed E-state index contributed by atoms with van der Waals surface area (Å²) in [6, 6.07) is 0.144. The predicted molar refractivity (Wildman–Crippen MR) is 37.4 cm³/mol. The first kappa shape index (κ1) is 11.1. The van der Waals surface area contributed by atoms with E-state index in [2.05, 4.69) is 0 Å². The molecule has 52 valence electrons. The van der Waals surface area contributed by atoms with Gasteiger partial charge in [-0.25, -0.2) is 0 Å². The van der Waals surface area contributed by atoms with Crippen LogP contribution in [0, 0.1) is 0 Å². The Morgan fingerprint density at radius 2 is 1.75 bits per heavy atom. The maximum Gasteiger partial charge on any atom is 0.0691 e. The lowest BCUT2D eigenvalue weighted by molar-refractivity contribution is 0.101. The number of ether oxygens (including phenoxy) is 1. The van der Waals surface area contributed by atoms with Gasteiger partial charge in [-0.15, -0.1) is 12.4 Å². The van der Waals surface area contributed by atoms with E-state index in [1.807, 2.05) is 13.8 Å². The van der Waals surface area contributed by atoms with Gasteiger partial charge in [0.2, 0.25) is 0 Å². The van der Waals surface area contributed by atoms with Gasteiger partial charge in [0.25, 0.3) is 0 Å². The van der Waals surface area contributed by atoms with E-state index in [9.17, 15) is 0 Å². The predicted octanol–water partition coefficient (Wildman–Crippen LogP) is 0.790. The second-order valence-electron chi connectivity index (χ2n) is 1.80. The molecule has 0 radical (unpaired) electrons. The molecule has 0 saturated carbocycles. The molecule has 0 bridgehead atoms. The van der Waals surface area contributed by atoms with Crippen LogP contribution in [0.5, 0.6) is 0 Å². The highest BCUT2D eigenvalue weighted by Crippen LogP contribution is 1.89. The van der Waals surface area contributed by atoms with Gasteiger partial charge in [-0.1, -0.05) is 0 Å². The van der Waals surface area contributed by atoms with Gasteiger partial charge in [0.15, 0.2) is 0 Å². The minimum atomic E-state index is 0. The highest BCUT2D eigenvalue weighted by atomic mass is 35.5. The van der Waals surface area contributed by atoms with E-state index in [1.165, 1.54) is 0 Å². The third-order valence-electron chi connectivity index (χ3n) is 1.11. The molecule has 0 rings (SSSR count). The normalized spacial score (nSPS) is 16.5. The molecule has 0 aliphatic heterocycles. The van der Waals surface area contributed by atoms with Gasteiger partial charge in [0, 0.05) is 13.2 Å². The summed E-state index contributed by atoms with van der Waals surface area (Å²) in [5.74, 6) is 0. The third-order valence-corrected chi connectivity index (χ3v) is 1.11. The molecule has 0 heterocycles. The minimum absolute atomic E-state index is 0. The summed E-state index contributed by atoms with van der Waals surface area (Å²) in [7, 11) is 1.66. The molecule has 0 fully saturated rings. The molecular formula is C5H14ClNO. The van der Waals surface area contributed by atoms with Crippen LogP contribution >= 0.6 is 12.4 Å². The number of rotatable bonds is 2. The lowest BCUT2D eigenvalue weighted by atomic mass is 10.2. The molecule has 0 aromatic carbocycles. The molecule has 3 heteroatoms. The fraction of sp³-hybridized carbons (Fsp3) is 1.00. The molecule has 0 aliphatic carbocycles. The van der Waals surface area contributed by atoms with E-state index >= 15 is 0 Å². The van der Waals surface area contributed by atoms with Crippen LogP contribution in [0.2, 0.25) is 0 Å². The minimum Gasteiger partial charge on any atom is -0.380 e. The van der Waals surface area contributed by atoms with Gasteiger partial charge >= 0.3 is 0 Å². The first-order valence-corrected chi connectivity index (χ1v) is 2.47. The number of methoxy groups -OCH3 is 1. The average molecular weight is 140 g/mol. The van der Waals surface area contributed by atoms with Gasteiger partial charge < -0.3 is 10.5 Å². The Labute approximate surface area is 56.8 Å². The molecule has 0 aromatic rings. The van der Waals surface area contributed by atoms with Crippen LogP contribution in [-0.4, -0.2) is 19.3 Å². The van der Waals surface area contributed by atoms with Crippen molar-refractivity contribution in [2.75, 3.05) is 7.11 Å². The van der Waals surface area contributed by atoms with Crippen molar-refractivity contribution < 1.29 is 4.74 Å². The Morgan fingerprint density at radius 1 is 1.38 bits per heavy atom. The Morgan fingerprint density at radius 3 is 1.75 bits per heavy atom. The Bertz CT molecular complexity index is 49.7. The molecule has 2 nitrogen and oxygen atoms in total. The lowest BCUT2D eigenvalue weighted by Crippen LogP contribution is -2.30. The number of halogens is 1. The largest absolute Gasteiger partial charge is 0.380 e. The van der Waals surface area contributed by atoms with E-state index in [1.54, 1.807) is 7.11 Å². The second kappa shape index (κ2) is 5.35. The fourth-order valence-electron chi connectivity index (χ4n) is 0.215. The first-order chi connectivity index (χ1) is 3.18. The summed E-state index contributed by atoms with van der Waals surface area (Å²) in [5, 5.41) is 0. The molecule has 8 heavy (non-hydrogen) atoms. The Balaban J connectivity index is 0. The van der Waals surface area contributed by atoms with Gasteiger partial charge in [-0.05, 0) is 13.8 Å². The summed E-state index contributed by atoms with van der Waals surface area (Å²) in [6.45, 7) is 3.87. The molecular weight excluding hydrogens is 126 g/mol. The van der Waals surface area contributed by atoms with Crippen molar-refractivity contribution in [2.45, 2.75) is 26.0 Å². The van der Waals surface area contributed by atoms with Gasteiger partial charge in [0.1, 0.15) is 0 Å². The Kier molecular flexibility index (Phi) is 7.40. The molecule has 2 unspecified atom stereocenters. The van der Waals surface area contributed by atoms with Crippen molar-refractivity contribution in [3.63, 3.8) is 0 Å². The number of nitrogens with two attached hydrogens (primary N) is 1. The molecule has 0 spiro atoms. The zero-order chi connectivity index (χ0) is 5.86. The molecule has 2 N–H and O–H groups in total. The van der Waals surface area contributed by atoms with Crippen LogP contribution in [0.25, 0.3) is 0 Å². The molecule has 2 atom stereocenters. The zero-order valence-electron chi connectivity index (χ0n) is 5.55. The highest BCUT2D eigenvalue weighted by Gasteiger charge is 2.02. The monoisotopic (exact) mass is 139 g/mol.